The maximum atomic E-state index is 12.3. The third-order valence-corrected chi connectivity index (χ3v) is 7.57. The van der Waals surface area contributed by atoms with Gasteiger partial charge in [-0.05, 0) is 25.2 Å². The van der Waals surface area contributed by atoms with Crippen molar-refractivity contribution >= 4 is 27.5 Å². The Bertz CT molecular complexity index is 716. The van der Waals surface area contributed by atoms with Gasteiger partial charge in [0.15, 0.2) is 15.0 Å². The zero-order chi connectivity index (χ0) is 17.3. The Morgan fingerprint density at radius 2 is 2.12 bits per heavy atom. The van der Waals surface area contributed by atoms with Gasteiger partial charge >= 0.3 is 0 Å². The average molecular weight is 373 g/mol. The predicted octanol–water partition coefficient (Wildman–Crippen LogP) is 1.07. The third kappa shape index (κ3) is 3.93. The fourth-order valence-corrected chi connectivity index (χ4v) is 6.00. The molecule has 3 rings (SSSR count). The first-order valence-corrected chi connectivity index (χ1v) is 11.2. The molecule has 1 aromatic heterocycles. The minimum atomic E-state index is -2.95. The van der Waals surface area contributed by atoms with Crippen molar-refractivity contribution in [1.29, 1.82) is 0 Å². The smallest absolute Gasteiger partial charge is 0.233 e. The molecule has 2 atom stereocenters. The van der Waals surface area contributed by atoms with Crippen LogP contribution in [0.25, 0.3) is 0 Å². The first-order chi connectivity index (χ1) is 11.4. The van der Waals surface area contributed by atoms with E-state index >= 15 is 0 Å². The quantitative estimate of drug-likeness (QED) is 0.735. The van der Waals surface area contributed by atoms with E-state index in [0.717, 1.165) is 19.5 Å². The summed E-state index contributed by atoms with van der Waals surface area (Å²) in [6.45, 7) is 3.86. The summed E-state index contributed by atoms with van der Waals surface area (Å²) in [6.07, 6.45) is 2.86. The van der Waals surface area contributed by atoms with Crippen molar-refractivity contribution in [3.63, 3.8) is 0 Å². The molecule has 2 aliphatic rings. The van der Waals surface area contributed by atoms with E-state index in [-0.39, 0.29) is 23.3 Å². The van der Waals surface area contributed by atoms with E-state index in [2.05, 4.69) is 17.1 Å². The molecule has 0 aliphatic carbocycles. The highest BCUT2D eigenvalue weighted by molar-refractivity contribution is 7.99. The van der Waals surface area contributed by atoms with Crippen molar-refractivity contribution < 1.29 is 13.2 Å². The van der Waals surface area contributed by atoms with Crippen LogP contribution in [-0.4, -0.2) is 64.3 Å². The summed E-state index contributed by atoms with van der Waals surface area (Å²) in [5.41, 5.74) is 0. The van der Waals surface area contributed by atoms with E-state index in [1.54, 1.807) is 0 Å². The van der Waals surface area contributed by atoms with E-state index in [0.29, 0.717) is 29.1 Å². The SMILES string of the molecule is C[C@H]1CCCN(C(=O)CSc2nnc([C@H]3CCS(=O)(=O)C3)n2C)C1. The van der Waals surface area contributed by atoms with Crippen LogP contribution in [0.4, 0.5) is 0 Å². The Morgan fingerprint density at radius 1 is 1.33 bits per heavy atom. The maximum absolute atomic E-state index is 12.3. The number of rotatable bonds is 4. The molecule has 0 N–H and O–H groups in total. The molecule has 2 aliphatic heterocycles. The van der Waals surface area contributed by atoms with Crippen LogP contribution in [0.5, 0.6) is 0 Å². The number of hydrogen-bond acceptors (Lipinski definition) is 6. The van der Waals surface area contributed by atoms with Gasteiger partial charge in [0.2, 0.25) is 5.91 Å². The molecule has 24 heavy (non-hydrogen) atoms. The van der Waals surface area contributed by atoms with Crippen LogP contribution in [0.3, 0.4) is 0 Å². The lowest BCUT2D eigenvalue weighted by atomic mass is 10.0. The number of carbonyl (C=O) groups excluding carboxylic acids is 1. The molecule has 3 heterocycles. The monoisotopic (exact) mass is 372 g/mol. The molecule has 2 saturated heterocycles. The zero-order valence-corrected chi connectivity index (χ0v) is 15.8. The molecule has 0 aromatic carbocycles. The Morgan fingerprint density at radius 3 is 2.79 bits per heavy atom. The Labute approximate surface area is 147 Å². The summed E-state index contributed by atoms with van der Waals surface area (Å²) in [5, 5.41) is 8.99. The van der Waals surface area contributed by atoms with Gasteiger partial charge in [-0.3, -0.25) is 4.79 Å². The van der Waals surface area contributed by atoms with Gasteiger partial charge in [0, 0.05) is 26.1 Å². The lowest BCUT2D eigenvalue weighted by Crippen LogP contribution is -2.40. The van der Waals surface area contributed by atoms with Crippen LogP contribution in [0.1, 0.15) is 37.9 Å². The van der Waals surface area contributed by atoms with Crippen molar-refractivity contribution in [3.8, 4) is 0 Å². The minimum Gasteiger partial charge on any atom is -0.342 e. The van der Waals surface area contributed by atoms with Crippen molar-refractivity contribution in [3.05, 3.63) is 5.82 Å². The lowest BCUT2D eigenvalue weighted by Gasteiger charge is -2.30. The number of aromatic nitrogens is 3. The summed E-state index contributed by atoms with van der Waals surface area (Å²) in [4.78, 5) is 14.3. The average Bonchev–Trinajstić information content (AvgIpc) is 3.07. The first-order valence-electron chi connectivity index (χ1n) is 8.36. The van der Waals surface area contributed by atoms with Gasteiger partial charge in [-0.15, -0.1) is 10.2 Å². The van der Waals surface area contributed by atoms with Gasteiger partial charge < -0.3 is 9.47 Å². The van der Waals surface area contributed by atoms with Crippen LogP contribution < -0.4 is 0 Å². The second kappa shape index (κ2) is 7.03. The number of amides is 1. The zero-order valence-electron chi connectivity index (χ0n) is 14.1. The van der Waals surface area contributed by atoms with Crippen molar-refractivity contribution in [2.45, 2.75) is 37.3 Å². The molecule has 9 heteroatoms. The van der Waals surface area contributed by atoms with Gasteiger partial charge in [0.05, 0.1) is 17.3 Å². The second-order valence-electron chi connectivity index (χ2n) is 6.88. The largest absolute Gasteiger partial charge is 0.342 e. The van der Waals surface area contributed by atoms with Crippen LogP contribution in [-0.2, 0) is 21.7 Å². The van der Waals surface area contributed by atoms with E-state index in [1.165, 1.54) is 18.2 Å². The number of carbonyl (C=O) groups is 1. The molecule has 7 nitrogen and oxygen atoms in total. The molecule has 0 bridgehead atoms. The highest BCUT2D eigenvalue weighted by Gasteiger charge is 2.32. The Hall–Kier alpha value is -1.09. The number of hydrogen-bond donors (Lipinski definition) is 0. The molecule has 0 saturated carbocycles. The molecule has 1 amide bonds. The summed E-state index contributed by atoms with van der Waals surface area (Å²) < 4.78 is 25.1. The number of thioether (sulfide) groups is 1. The number of sulfone groups is 1. The summed E-state index contributed by atoms with van der Waals surface area (Å²) in [5.74, 6) is 2.05. The van der Waals surface area contributed by atoms with Crippen LogP contribution in [0.15, 0.2) is 5.16 Å². The fourth-order valence-electron chi connectivity index (χ4n) is 3.44. The van der Waals surface area contributed by atoms with Gasteiger partial charge in [0.25, 0.3) is 0 Å². The van der Waals surface area contributed by atoms with E-state index in [4.69, 9.17) is 0 Å². The van der Waals surface area contributed by atoms with Crippen LogP contribution in [0.2, 0.25) is 0 Å². The Kier molecular flexibility index (Phi) is 5.19. The second-order valence-corrected chi connectivity index (χ2v) is 10.0. The standard InChI is InChI=1S/C15H24N4O3S2/c1-11-4-3-6-19(8-11)13(20)9-23-15-17-16-14(18(15)2)12-5-7-24(21,22)10-12/h11-12H,3-10H2,1-2H3/t11-,12-/m0/s1. The van der Waals surface area contributed by atoms with Crippen LogP contribution >= 0.6 is 11.8 Å². The molecular weight excluding hydrogens is 348 g/mol. The molecule has 2 fully saturated rings. The predicted molar refractivity (Wildman–Crippen MR) is 92.7 cm³/mol. The maximum Gasteiger partial charge on any atom is 0.233 e. The fraction of sp³-hybridized carbons (Fsp3) is 0.800. The van der Waals surface area contributed by atoms with E-state index in [1.807, 2.05) is 16.5 Å². The van der Waals surface area contributed by atoms with Gasteiger partial charge in [-0.2, -0.15) is 0 Å². The Balaban J connectivity index is 1.59. The van der Waals surface area contributed by atoms with Gasteiger partial charge in [0.1, 0.15) is 5.82 Å². The van der Waals surface area contributed by atoms with Crippen molar-refractivity contribution in [2.75, 3.05) is 30.3 Å². The van der Waals surface area contributed by atoms with Crippen molar-refractivity contribution in [2.24, 2.45) is 13.0 Å². The van der Waals surface area contributed by atoms with Crippen molar-refractivity contribution in [1.82, 2.24) is 19.7 Å². The molecule has 1 aromatic rings. The normalized spacial score (nSPS) is 26.7. The number of nitrogens with zero attached hydrogens (tertiary/aromatic N) is 4. The summed E-state index contributed by atoms with van der Waals surface area (Å²) in [7, 11) is -1.10. The molecule has 134 valence electrons. The van der Waals surface area contributed by atoms with Gasteiger partial charge in [-0.25, -0.2) is 8.42 Å². The third-order valence-electron chi connectivity index (χ3n) is 4.80. The molecule has 0 unspecified atom stereocenters. The molecular formula is C15H24N4O3S2. The van der Waals surface area contributed by atoms with Crippen LogP contribution in [0, 0.1) is 5.92 Å². The molecule has 0 spiro atoms. The highest BCUT2D eigenvalue weighted by atomic mass is 32.2. The lowest BCUT2D eigenvalue weighted by molar-refractivity contribution is -0.130. The highest BCUT2D eigenvalue weighted by Crippen LogP contribution is 2.29. The summed E-state index contributed by atoms with van der Waals surface area (Å²) >= 11 is 1.38. The summed E-state index contributed by atoms with van der Waals surface area (Å²) in [6, 6.07) is 0. The topological polar surface area (TPSA) is 85.2 Å². The van der Waals surface area contributed by atoms with E-state index < -0.39 is 9.84 Å². The number of likely N-dealkylation sites (tertiary alicyclic amines) is 1. The van der Waals surface area contributed by atoms with E-state index in [9.17, 15) is 13.2 Å². The minimum absolute atomic E-state index is 0.0829. The first kappa shape index (κ1) is 17.7. The molecule has 0 radical (unpaired) electrons. The van der Waals surface area contributed by atoms with Gasteiger partial charge in [-0.1, -0.05) is 18.7 Å². The number of piperidine rings is 1.